The largest absolute Gasteiger partial charge is 0.459 e. The van der Waals surface area contributed by atoms with Crippen molar-refractivity contribution in [3.05, 3.63) is 51.6 Å². The number of nitrogens with one attached hydrogen (secondary N) is 1. The maximum atomic E-state index is 12.1. The molecule has 1 atom stereocenters. The van der Waals surface area contributed by atoms with Crippen molar-refractivity contribution < 1.29 is 19.4 Å². The number of nitro groups is 1. The predicted molar refractivity (Wildman–Crippen MR) is 84.7 cm³/mol. The van der Waals surface area contributed by atoms with Crippen molar-refractivity contribution in [3.8, 4) is 0 Å². The van der Waals surface area contributed by atoms with E-state index in [-0.39, 0.29) is 31.1 Å². The van der Waals surface area contributed by atoms with Gasteiger partial charge in [0.05, 0.1) is 5.57 Å². The van der Waals surface area contributed by atoms with Crippen molar-refractivity contribution in [2.45, 2.75) is 19.1 Å². The quantitative estimate of drug-likeness (QED) is 0.133. The highest BCUT2D eigenvalue weighted by Gasteiger charge is 2.29. The third kappa shape index (κ3) is 6.58. The molecule has 0 aromatic heterocycles. The van der Waals surface area contributed by atoms with Crippen molar-refractivity contribution >= 4 is 17.9 Å². The molecule has 1 aromatic rings. The molecule has 0 saturated carbocycles. The van der Waals surface area contributed by atoms with Gasteiger partial charge in [0, 0.05) is 13.0 Å². The summed E-state index contributed by atoms with van der Waals surface area (Å²) in [6.07, 6.45) is -0.0899. The number of carbonyl (C=O) groups is 1. The van der Waals surface area contributed by atoms with Crippen LogP contribution in [0.4, 0.5) is 0 Å². The molecule has 0 aliphatic rings. The second-order valence-electron chi connectivity index (χ2n) is 4.60. The first kappa shape index (κ1) is 18.7. The van der Waals surface area contributed by atoms with Crippen molar-refractivity contribution in [1.29, 1.82) is 0 Å². The number of benzene rings is 1. The third-order valence-electron chi connectivity index (χ3n) is 2.85. The number of nitrogens with zero attached hydrogens (tertiary/aromatic N) is 2. The minimum atomic E-state index is -1.57. The summed E-state index contributed by atoms with van der Waals surface area (Å²) in [5.74, 6) is 0.332. The molecule has 0 amide bonds. The van der Waals surface area contributed by atoms with Gasteiger partial charge in [-0.05, 0) is 5.56 Å². The standard InChI is InChI=1S/C14H17N5O5/c15-14(16)17-7-6-11(8-20)12(18-19(22)23)13(21)24-9-10-4-2-1-3-5-10/h1-5,12,18H,6-7,9H2,(H4,15,16,17)/t12-/m0/s1. The molecule has 0 spiro atoms. The summed E-state index contributed by atoms with van der Waals surface area (Å²) in [5.41, 5.74) is 12.5. The summed E-state index contributed by atoms with van der Waals surface area (Å²) < 4.78 is 5.01. The number of hydrogen-bond acceptors (Lipinski definition) is 6. The molecule has 1 rings (SSSR count). The maximum absolute atomic E-state index is 12.1. The van der Waals surface area contributed by atoms with Gasteiger partial charge in [-0.1, -0.05) is 30.3 Å². The van der Waals surface area contributed by atoms with Crippen LogP contribution in [0, 0.1) is 10.1 Å². The van der Waals surface area contributed by atoms with Crippen LogP contribution in [0.5, 0.6) is 0 Å². The molecule has 10 nitrogen and oxygen atoms in total. The zero-order valence-electron chi connectivity index (χ0n) is 12.7. The molecular weight excluding hydrogens is 318 g/mol. The molecule has 24 heavy (non-hydrogen) atoms. The lowest BCUT2D eigenvalue weighted by Crippen LogP contribution is -2.43. The Hall–Kier alpha value is -3.39. The SMILES string of the molecule is NC(N)=NCCC(=C=O)[C@H](N[N+](=O)[O-])C(=O)OCc1ccccc1. The minimum absolute atomic E-state index is 0.0191. The molecule has 0 saturated heterocycles. The monoisotopic (exact) mass is 335 g/mol. The number of ether oxygens (including phenoxy) is 1. The van der Waals surface area contributed by atoms with E-state index < -0.39 is 17.0 Å². The highest BCUT2D eigenvalue weighted by molar-refractivity contribution is 5.82. The van der Waals surface area contributed by atoms with Crippen molar-refractivity contribution in [2.75, 3.05) is 6.54 Å². The van der Waals surface area contributed by atoms with Crippen LogP contribution in [0.2, 0.25) is 0 Å². The van der Waals surface area contributed by atoms with Crippen LogP contribution in [0.3, 0.4) is 0 Å². The number of carbonyl (C=O) groups excluding carboxylic acids is 2. The molecule has 0 heterocycles. The van der Waals surface area contributed by atoms with Crippen LogP contribution in [-0.4, -0.2) is 35.5 Å². The fourth-order valence-corrected chi connectivity index (χ4v) is 1.75. The number of esters is 1. The highest BCUT2D eigenvalue weighted by Crippen LogP contribution is 2.09. The van der Waals surface area contributed by atoms with Gasteiger partial charge in [0.1, 0.15) is 12.5 Å². The lowest BCUT2D eigenvalue weighted by atomic mass is 10.1. The lowest BCUT2D eigenvalue weighted by Gasteiger charge is -2.14. The molecule has 0 aliphatic carbocycles. The topological polar surface area (TPSA) is 163 Å². The molecule has 0 radical (unpaired) electrons. The molecule has 0 fully saturated rings. The zero-order chi connectivity index (χ0) is 17.9. The third-order valence-corrected chi connectivity index (χ3v) is 2.85. The molecule has 0 aliphatic heterocycles. The summed E-state index contributed by atoms with van der Waals surface area (Å²) in [7, 11) is 0. The number of aliphatic imine (C=N–C) groups is 1. The second-order valence-corrected chi connectivity index (χ2v) is 4.60. The van der Waals surface area contributed by atoms with Gasteiger partial charge in [0.25, 0.3) is 0 Å². The van der Waals surface area contributed by atoms with Gasteiger partial charge >= 0.3 is 5.97 Å². The number of hydrazine groups is 1. The van der Waals surface area contributed by atoms with Crippen molar-refractivity contribution in [2.24, 2.45) is 16.5 Å². The van der Waals surface area contributed by atoms with E-state index in [2.05, 4.69) is 4.99 Å². The molecule has 0 unspecified atom stereocenters. The average Bonchev–Trinajstić information content (AvgIpc) is 2.55. The number of rotatable bonds is 9. The normalized spacial score (nSPS) is 10.8. The van der Waals surface area contributed by atoms with Gasteiger partial charge in [-0.15, -0.1) is 5.43 Å². The summed E-state index contributed by atoms with van der Waals surface area (Å²) in [6, 6.07) is 7.16. The van der Waals surface area contributed by atoms with Crippen LogP contribution in [0.15, 0.2) is 40.9 Å². The van der Waals surface area contributed by atoms with E-state index >= 15 is 0 Å². The number of nitrogens with two attached hydrogens (primary N) is 2. The summed E-state index contributed by atoms with van der Waals surface area (Å²) in [5, 5.41) is 9.73. The molecular formula is C14H17N5O5. The number of guanidine groups is 1. The zero-order valence-corrected chi connectivity index (χ0v) is 12.7. The van der Waals surface area contributed by atoms with Gasteiger partial charge in [0.15, 0.2) is 11.0 Å². The Morgan fingerprint density at radius 1 is 1.38 bits per heavy atom. The molecule has 128 valence electrons. The molecule has 10 heteroatoms. The van der Waals surface area contributed by atoms with E-state index in [9.17, 15) is 19.7 Å². The Morgan fingerprint density at radius 2 is 2.04 bits per heavy atom. The lowest BCUT2D eigenvalue weighted by molar-refractivity contribution is -0.547. The summed E-state index contributed by atoms with van der Waals surface area (Å²) in [4.78, 5) is 37.4. The Bertz CT molecular complexity index is 651. The molecule has 1 aromatic carbocycles. The predicted octanol–water partition coefficient (Wildman–Crippen LogP) is -0.699. The fraction of sp³-hybridized carbons (Fsp3) is 0.286. The van der Waals surface area contributed by atoms with E-state index in [1.807, 2.05) is 0 Å². The Labute approximate surface area is 137 Å². The fourth-order valence-electron chi connectivity index (χ4n) is 1.75. The van der Waals surface area contributed by atoms with Crippen molar-refractivity contribution in [3.63, 3.8) is 0 Å². The Balaban J connectivity index is 2.78. The van der Waals surface area contributed by atoms with Crippen LogP contribution >= 0.6 is 0 Å². The van der Waals surface area contributed by atoms with E-state index in [1.165, 1.54) is 5.94 Å². The number of hydrogen-bond donors (Lipinski definition) is 3. The van der Waals surface area contributed by atoms with Gasteiger partial charge in [-0.2, -0.15) is 0 Å². The maximum Gasteiger partial charge on any atom is 0.339 e. The second kappa shape index (κ2) is 9.59. The summed E-state index contributed by atoms with van der Waals surface area (Å²) >= 11 is 0. The van der Waals surface area contributed by atoms with Crippen LogP contribution in [0.1, 0.15) is 12.0 Å². The van der Waals surface area contributed by atoms with E-state index in [0.29, 0.717) is 5.56 Å². The summed E-state index contributed by atoms with van der Waals surface area (Å²) in [6.45, 7) is -0.107. The first-order valence-corrected chi connectivity index (χ1v) is 6.84. The van der Waals surface area contributed by atoms with E-state index in [0.717, 1.165) is 0 Å². The van der Waals surface area contributed by atoms with Gasteiger partial charge in [-0.25, -0.2) is 19.7 Å². The molecule has 0 bridgehead atoms. The first-order valence-electron chi connectivity index (χ1n) is 6.84. The van der Waals surface area contributed by atoms with Crippen LogP contribution in [-0.2, 0) is 20.9 Å². The average molecular weight is 335 g/mol. The van der Waals surface area contributed by atoms with Gasteiger partial charge in [-0.3, -0.25) is 4.99 Å². The van der Waals surface area contributed by atoms with Gasteiger partial charge in [0.2, 0.25) is 6.04 Å². The first-order chi connectivity index (χ1) is 11.4. The van der Waals surface area contributed by atoms with Gasteiger partial charge < -0.3 is 16.2 Å². The smallest absolute Gasteiger partial charge is 0.339 e. The minimum Gasteiger partial charge on any atom is -0.459 e. The highest BCUT2D eigenvalue weighted by atomic mass is 16.7. The Kier molecular flexibility index (Phi) is 7.46. The van der Waals surface area contributed by atoms with E-state index in [1.54, 1.807) is 35.8 Å². The van der Waals surface area contributed by atoms with Crippen LogP contribution < -0.4 is 16.9 Å². The van der Waals surface area contributed by atoms with E-state index in [4.69, 9.17) is 16.2 Å². The van der Waals surface area contributed by atoms with Crippen molar-refractivity contribution in [1.82, 2.24) is 5.43 Å². The van der Waals surface area contributed by atoms with Crippen LogP contribution in [0.25, 0.3) is 0 Å². The molecule has 5 N–H and O–H groups in total. The Morgan fingerprint density at radius 3 is 2.58 bits per heavy atom.